The third-order valence-corrected chi connectivity index (χ3v) is 2.67. The predicted octanol–water partition coefficient (Wildman–Crippen LogP) is 3.00. The number of aryl methyl sites for hydroxylation is 1. The summed E-state index contributed by atoms with van der Waals surface area (Å²) >= 11 is 5.74. The zero-order valence-corrected chi connectivity index (χ0v) is 10.4. The van der Waals surface area contributed by atoms with Gasteiger partial charge in [0.25, 0.3) is 5.91 Å². The Morgan fingerprint density at radius 3 is 2.78 bits per heavy atom. The van der Waals surface area contributed by atoms with Crippen LogP contribution in [0, 0.1) is 6.92 Å². The molecule has 18 heavy (non-hydrogen) atoms. The summed E-state index contributed by atoms with van der Waals surface area (Å²) in [5.74, 6) is 0.0982. The Hall–Kier alpha value is -2.07. The fourth-order valence-electron chi connectivity index (χ4n) is 1.44. The SMILES string of the molecule is Cc1ccnc(NC(=O)c2ccc(O)c(Cl)c2)c1. The second-order valence-electron chi connectivity index (χ2n) is 3.84. The Labute approximate surface area is 109 Å². The van der Waals surface area contributed by atoms with Crippen molar-refractivity contribution >= 4 is 23.3 Å². The van der Waals surface area contributed by atoms with Crippen molar-refractivity contribution < 1.29 is 9.90 Å². The molecule has 0 fully saturated rings. The fraction of sp³-hybridized carbons (Fsp3) is 0.0769. The van der Waals surface area contributed by atoms with Gasteiger partial charge in [-0.1, -0.05) is 11.6 Å². The molecule has 92 valence electrons. The van der Waals surface area contributed by atoms with Gasteiger partial charge in [0.1, 0.15) is 11.6 Å². The lowest BCUT2D eigenvalue weighted by atomic mass is 10.2. The van der Waals surface area contributed by atoms with Crippen LogP contribution in [-0.2, 0) is 0 Å². The lowest BCUT2D eigenvalue weighted by molar-refractivity contribution is 0.102. The molecule has 0 atom stereocenters. The van der Waals surface area contributed by atoms with Crippen LogP contribution in [0.25, 0.3) is 0 Å². The second-order valence-corrected chi connectivity index (χ2v) is 4.25. The van der Waals surface area contributed by atoms with Gasteiger partial charge >= 0.3 is 0 Å². The molecule has 0 spiro atoms. The molecule has 5 heteroatoms. The molecule has 0 bridgehead atoms. The van der Waals surface area contributed by atoms with E-state index in [0.717, 1.165) is 5.56 Å². The molecule has 2 rings (SSSR count). The van der Waals surface area contributed by atoms with Crippen LogP contribution in [0.3, 0.4) is 0 Å². The number of rotatable bonds is 2. The van der Waals surface area contributed by atoms with Crippen molar-refractivity contribution in [1.29, 1.82) is 0 Å². The minimum atomic E-state index is -0.324. The number of benzene rings is 1. The molecule has 0 saturated heterocycles. The largest absolute Gasteiger partial charge is 0.506 e. The summed E-state index contributed by atoms with van der Waals surface area (Å²) in [5.41, 5.74) is 1.37. The fourth-order valence-corrected chi connectivity index (χ4v) is 1.62. The molecule has 0 unspecified atom stereocenters. The molecule has 0 aliphatic carbocycles. The first-order chi connectivity index (χ1) is 8.56. The minimum absolute atomic E-state index is 0.0538. The van der Waals surface area contributed by atoms with Crippen LogP contribution in [0.5, 0.6) is 5.75 Å². The molecule has 1 heterocycles. The van der Waals surface area contributed by atoms with Gasteiger partial charge in [-0.25, -0.2) is 4.98 Å². The van der Waals surface area contributed by atoms with Crippen molar-refractivity contribution in [1.82, 2.24) is 4.98 Å². The second kappa shape index (κ2) is 5.06. The van der Waals surface area contributed by atoms with E-state index in [0.29, 0.717) is 11.4 Å². The van der Waals surface area contributed by atoms with Gasteiger partial charge in [0.05, 0.1) is 5.02 Å². The number of aromatic hydroxyl groups is 1. The zero-order valence-electron chi connectivity index (χ0n) is 9.64. The molecule has 1 aromatic heterocycles. The Morgan fingerprint density at radius 2 is 2.11 bits per heavy atom. The first-order valence-electron chi connectivity index (χ1n) is 5.29. The van der Waals surface area contributed by atoms with E-state index >= 15 is 0 Å². The number of nitrogens with zero attached hydrogens (tertiary/aromatic N) is 1. The van der Waals surface area contributed by atoms with E-state index in [1.165, 1.54) is 18.2 Å². The molecule has 0 radical (unpaired) electrons. The maximum atomic E-state index is 11.9. The summed E-state index contributed by atoms with van der Waals surface area (Å²) in [6, 6.07) is 7.88. The Bertz CT molecular complexity index is 599. The van der Waals surface area contributed by atoms with E-state index in [-0.39, 0.29) is 16.7 Å². The maximum absolute atomic E-state index is 11.9. The van der Waals surface area contributed by atoms with E-state index in [1.807, 2.05) is 13.0 Å². The van der Waals surface area contributed by atoms with Gasteiger partial charge in [0, 0.05) is 11.8 Å². The van der Waals surface area contributed by atoms with Crippen LogP contribution in [0.4, 0.5) is 5.82 Å². The smallest absolute Gasteiger partial charge is 0.256 e. The summed E-state index contributed by atoms with van der Waals surface area (Å²) < 4.78 is 0. The summed E-state index contributed by atoms with van der Waals surface area (Å²) in [5, 5.41) is 12.1. The lowest BCUT2D eigenvalue weighted by Gasteiger charge is -2.05. The van der Waals surface area contributed by atoms with Crippen molar-refractivity contribution in [3.8, 4) is 5.75 Å². The first-order valence-corrected chi connectivity index (χ1v) is 5.66. The number of halogens is 1. The summed E-state index contributed by atoms with van der Waals surface area (Å²) in [7, 11) is 0. The number of aromatic nitrogens is 1. The average Bonchev–Trinajstić information content (AvgIpc) is 2.32. The molecule has 1 aromatic carbocycles. The summed E-state index contributed by atoms with van der Waals surface area (Å²) in [6.07, 6.45) is 1.62. The van der Waals surface area contributed by atoms with E-state index in [9.17, 15) is 9.90 Å². The van der Waals surface area contributed by atoms with Gasteiger partial charge in [-0.15, -0.1) is 0 Å². The van der Waals surface area contributed by atoms with Crippen LogP contribution in [0.1, 0.15) is 15.9 Å². The van der Waals surface area contributed by atoms with Gasteiger partial charge in [-0.3, -0.25) is 4.79 Å². The van der Waals surface area contributed by atoms with E-state index in [4.69, 9.17) is 11.6 Å². The first kappa shape index (κ1) is 12.4. The Balaban J connectivity index is 2.19. The van der Waals surface area contributed by atoms with Crippen LogP contribution in [-0.4, -0.2) is 16.0 Å². The highest BCUT2D eigenvalue weighted by Gasteiger charge is 2.09. The minimum Gasteiger partial charge on any atom is -0.506 e. The van der Waals surface area contributed by atoms with Crippen LogP contribution >= 0.6 is 11.6 Å². The van der Waals surface area contributed by atoms with Crippen molar-refractivity contribution in [2.45, 2.75) is 6.92 Å². The third-order valence-electron chi connectivity index (χ3n) is 2.37. The zero-order chi connectivity index (χ0) is 13.1. The maximum Gasteiger partial charge on any atom is 0.256 e. The third kappa shape index (κ3) is 2.78. The van der Waals surface area contributed by atoms with Gasteiger partial charge in [0.2, 0.25) is 0 Å². The molecule has 2 N–H and O–H groups in total. The number of carbonyl (C=O) groups excluding carboxylic acids is 1. The highest BCUT2D eigenvalue weighted by atomic mass is 35.5. The Morgan fingerprint density at radius 1 is 1.33 bits per heavy atom. The molecular formula is C13H11ClN2O2. The number of amides is 1. The van der Waals surface area contributed by atoms with Crippen molar-refractivity contribution in [2.75, 3.05) is 5.32 Å². The number of phenolic OH excluding ortho intramolecular Hbond substituents is 1. The van der Waals surface area contributed by atoms with Crippen molar-refractivity contribution in [3.63, 3.8) is 0 Å². The molecule has 1 amide bonds. The predicted molar refractivity (Wildman–Crippen MR) is 70.0 cm³/mol. The highest BCUT2D eigenvalue weighted by Crippen LogP contribution is 2.23. The topological polar surface area (TPSA) is 62.2 Å². The van der Waals surface area contributed by atoms with E-state index in [2.05, 4.69) is 10.3 Å². The lowest BCUT2D eigenvalue weighted by Crippen LogP contribution is -2.12. The molecule has 0 saturated carbocycles. The molecular weight excluding hydrogens is 252 g/mol. The molecule has 0 aliphatic heterocycles. The number of carbonyl (C=O) groups is 1. The average molecular weight is 263 g/mol. The van der Waals surface area contributed by atoms with Crippen LogP contribution < -0.4 is 5.32 Å². The molecule has 4 nitrogen and oxygen atoms in total. The quantitative estimate of drug-likeness (QED) is 0.875. The molecule has 2 aromatic rings. The van der Waals surface area contributed by atoms with Crippen molar-refractivity contribution in [2.24, 2.45) is 0 Å². The number of pyridine rings is 1. The van der Waals surface area contributed by atoms with E-state index in [1.54, 1.807) is 12.3 Å². The number of phenols is 1. The van der Waals surface area contributed by atoms with Gasteiger partial charge in [-0.2, -0.15) is 0 Å². The van der Waals surface area contributed by atoms with Crippen LogP contribution in [0.2, 0.25) is 5.02 Å². The van der Waals surface area contributed by atoms with Gasteiger partial charge in [-0.05, 0) is 42.8 Å². The number of hydrogen-bond donors (Lipinski definition) is 2. The van der Waals surface area contributed by atoms with E-state index < -0.39 is 0 Å². The van der Waals surface area contributed by atoms with Gasteiger partial charge < -0.3 is 10.4 Å². The summed E-state index contributed by atoms with van der Waals surface area (Å²) in [6.45, 7) is 1.91. The van der Waals surface area contributed by atoms with Gasteiger partial charge in [0.15, 0.2) is 0 Å². The number of nitrogens with one attached hydrogen (secondary N) is 1. The normalized spacial score (nSPS) is 10.1. The van der Waals surface area contributed by atoms with Crippen LogP contribution in [0.15, 0.2) is 36.5 Å². The Kier molecular flexibility index (Phi) is 3.48. The van der Waals surface area contributed by atoms with Crippen molar-refractivity contribution in [3.05, 3.63) is 52.7 Å². The number of hydrogen-bond acceptors (Lipinski definition) is 3. The number of anilines is 1. The standard InChI is InChI=1S/C13H11ClN2O2/c1-8-4-5-15-12(6-8)16-13(18)9-2-3-11(17)10(14)7-9/h2-7,17H,1H3,(H,15,16,18). The monoisotopic (exact) mass is 262 g/mol. The summed E-state index contributed by atoms with van der Waals surface area (Å²) in [4.78, 5) is 15.9. The highest BCUT2D eigenvalue weighted by molar-refractivity contribution is 6.32. The molecule has 0 aliphatic rings.